The number of halogens is 1. The number of hydrogen-bond donors (Lipinski definition) is 0. The molecule has 2 aromatic carbocycles. The molecule has 0 amide bonds. The summed E-state index contributed by atoms with van der Waals surface area (Å²) in [5.74, 6) is 0. The lowest BCUT2D eigenvalue weighted by atomic mass is 10.0. The van der Waals surface area contributed by atoms with Gasteiger partial charge in [0.25, 0.3) is 0 Å². The van der Waals surface area contributed by atoms with Gasteiger partial charge in [-0.15, -0.1) is 6.58 Å². The normalized spacial score (nSPS) is 10.4. The van der Waals surface area contributed by atoms with Crippen LogP contribution in [-0.4, -0.2) is 0 Å². The maximum atomic E-state index is 3.77. The van der Waals surface area contributed by atoms with E-state index in [-0.39, 0.29) is 0 Å². The van der Waals surface area contributed by atoms with E-state index in [2.05, 4.69) is 58.9 Å². The van der Waals surface area contributed by atoms with Crippen molar-refractivity contribution in [3.63, 3.8) is 0 Å². The number of allylic oxidation sites excluding steroid dienone is 1. The first-order valence-corrected chi connectivity index (χ1v) is 5.39. The number of benzene rings is 2. The van der Waals surface area contributed by atoms with E-state index in [1.165, 1.54) is 16.3 Å². The molecule has 0 nitrogen and oxygen atoms in total. The molecule has 0 saturated carbocycles. The van der Waals surface area contributed by atoms with E-state index in [9.17, 15) is 0 Å². The second-order valence-corrected chi connectivity index (χ2v) is 4.10. The van der Waals surface area contributed by atoms with Crippen LogP contribution in [0.1, 0.15) is 5.56 Å². The van der Waals surface area contributed by atoms with Gasteiger partial charge in [-0.3, -0.25) is 0 Å². The Labute approximate surface area is 92.4 Å². The van der Waals surface area contributed by atoms with E-state index in [4.69, 9.17) is 0 Å². The van der Waals surface area contributed by atoms with Crippen LogP contribution in [0.25, 0.3) is 10.8 Å². The maximum absolute atomic E-state index is 3.77. The van der Waals surface area contributed by atoms with E-state index in [0.717, 1.165) is 10.9 Å². The Morgan fingerprint density at radius 1 is 1.07 bits per heavy atom. The topological polar surface area (TPSA) is 0 Å². The molecule has 14 heavy (non-hydrogen) atoms. The summed E-state index contributed by atoms with van der Waals surface area (Å²) in [5.41, 5.74) is 1.33. The predicted molar refractivity (Wildman–Crippen MR) is 65.5 cm³/mol. The van der Waals surface area contributed by atoms with E-state index in [1.54, 1.807) is 0 Å². The third-order valence-corrected chi connectivity index (χ3v) is 3.01. The van der Waals surface area contributed by atoms with Crippen LogP contribution in [0.15, 0.2) is 53.5 Å². The Morgan fingerprint density at radius 3 is 2.57 bits per heavy atom. The molecule has 0 atom stereocenters. The van der Waals surface area contributed by atoms with Crippen molar-refractivity contribution in [1.29, 1.82) is 0 Å². The summed E-state index contributed by atoms with van der Waals surface area (Å²) in [7, 11) is 0. The van der Waals surface area contributed by atoms with Crippen molar-refractivity contribution in [2.24, 2.45) is 0 Å². The van der Waals surface area contributed by atoms with Crippen molar-refractivity contribution < 1.29 is 0 Å². The Hall–Kier alpha value is -1.08. The summed E-state index contributed by atoms with van der Waals surface area (Å²) in [6, 6.07) is 12.7. The lowest BCUT2D eigenvalue weighted by Gasteiger charge is -2.05. The molecular formula is C13H11Br. The molecular weight excluding hydrogens is 236 g/mol. The van der Waals surface area contributed by atoms with Gasteiger partial charge in [-0.1, -0.05) is 52.3 Å². The smallest absolute Gasteiger partial charge is 0.0253 e. The first kappa shape index (κ1) is 9.47. The second-order valence-electron chi connectivity index (χ2n) is 3.24. The zero-order valence-corrected chi connectivity index (χ0v) is 9.42. The largest absolute Gasteiger partial charge is 0.103 e. The molecule has 0 heterocycles. The van der Waals surface area contributed by atoms with Gasteiger partial charge in [0.15, 0.2) is 0 Å². The van der Waals surface area contributed by atoms with Crippen LogP contribution in [0.2, 0.25) is 0 Å². The van der Waals surface area contributed by atoms with Gasteiger partial charge in [0, 0.05) is 4.47 Å². The fraction of sp³-hybridized carbons (Fsp3) is 0.0769. The molecule has 0 aromatic heterocycles. The molecule has 1 heteroatoms. The quantitative estimate of drug-likeness (QED) is 0.693. The molecule has 0 aliphatic heterocycles. The van der Waals surface area contributed by atoms with Crippen molar-refractivity contribution in [1.82, 2.24) is 0 Å². The van der Waals surface area contributed by atoms with Gasteiger partial charge in [0.1, 0.15) is 0 Å². The monoisotopic (exact) mass is 246 g/mol. The summed E-state index contributed by atoms with van der Waals surface area (Å²) in [6.07, 6.45) is 2.86. The Bertz CT molecular complexity index is 472. The maximum Gasteiger partial charge on any atom is 0.0253 e. The minimum absolute atomic E-state index is 0.924. The SMILES string of the molecule is C=CCc1cccc2c(Br)cccc12. The molecule has 2 rings (SSSR count). The molecule has 0 aliphatic rings. The van der Waals surface area contributed by atoms with Crippen LogP contribution in [0.5, 0.6) is 0 Å². The Morgan fingerprint density at radius 2 is 1.79 bits per heavy atom. The average molecular weight is 247 g/mol. The highest BCUT2D eigenvalue weighted by Gasteiger charge is 2.00. The molecule has 0 N–H and O–H groups in total. The molecule has 0 spiro atoms. The van der Waals surface area contributed by atoms with Crippen LogP contribution in [-0.2, 0) is 6.42 Å². The van der Waals surface area contributed by atoms with E-state index in [1.807, 2.05) is 6.08 Å². The van der Waals surface area contributed by atoms with E-state index in [0.29, 0.717) is 0 Å². The Balaban J connectivity index is 2.74. The summed E-state index contributed by atoms with van der Waals surface area (Å²) in [6.45, 7) is 3.77. The standard InChI is InChI=1S/C13H11Br/c1-2-5-10-6-3-8-12-11(10)7-4-9-13(12)14/h2-4,6-9H,1,5H2. The zero-order chi connectivity index (χ0) is 9.97. The predicted octanol–water partition coefficient (Wildman–Crippen LogP) is 4.33. The van der Waals surface area contributed by atoms with Gasteiger partial charge in [-0.05, 0) is 28.8 Å². The third-order valence-electron chi connectivity index (χ3n) is 2.32. The molecule has 0 bridgehead atoms. The average Bonchev–Trinajstić information content (AvgIpc) is 2.20. The summed E-state index contributed by atoms with van der Waals surface area (Å²) in [5, 5.41) is 2.58. The second kappa shape index (κ2) is 3.97. The van der Waals surface area contributed by atoms with Gasteiger partial charge in [0.2, 0.25) is 0 Å². The lowest BCUT2D eigenvalue weighted by Crippen LogP contribution is -1.84. The van der Waals surface area contributed by atoms with Crippen molar-refractivity contribution in [3.05, 3.63) is 59.1 Å². The minimum Gasteiger partial charge on any atom is -0.103 e. The molecule has 0 fully saturated rings. The van der Waals surface area contributed by atoms with Crippen LogP contribution in [0.4, 0.5) is 0 Å². The van der Waals surface area contributed by atoms with E-state index >= 15 is 0 Å². The van der Waals surface area contributed by atoms with Gasteiger partial charge < -0.3 is 0 Å². The summed E-state index contributed by atoms with van der Waals surface area (Å²) < 4.78 is 1.15. The lowest BCUT2D eigenvalue weighted by molar-refractivity contribution is 1.31. The molecule has 70 valence electrons. The van der Waals surface area contributed by atoms with Crippen LogP contribution >= 0.6 is 15.9 Å². The van der Waals surface area contributed by atoms with Gasteiger partial charge in [0.05, 0.1) is 0 Å². The zero-order valence-electron chi connectivity index (χ0n) is 7.83. The van der Waals surface area contributed by atoms with Crippen molar-refractivity contribution in [2.75, 3.05) is 0 Å². The molecule has 0 radical (unpaired) electrons. The van der Waals surface area contributed by atoms with E-state index < -0.39 is 0 Å². The van der Waals surface area contributed by atoms with Crippen LogP contribution in [0, 0.1) is 0 Å². The molecule has 2 aromatic rings. The van der Waals surface area contributed by atoms with Gasteiger partial charge >= 0.3 is 0 Å². The highest BCUT2D eigenvalue weighted by molar-refractivity contribution is 9.10. The number of rotatable bonds is 2. The van der Waals surface area contributed by atoms with Crippen molar-refractivity contribution >= 4 is 26.7 Å². The number of hydrogen-bond acceptors (Lipinski definition) is 0. The highest BCUT2D eigenvalue weighted by Crippen LogP contribution is 2.26. The number of fused-ring (bicyclic) bond motifs is 1. The molecule has 0 saturated heterocycles. The minimum atomic E-state index is 0.924. The summed E-state index contributed by atoms with van der Waals surface area (Å²) in [4.78, 5) is 0. The first-order valence-electron chi connectivity index (χ1n) is 4.60. The van der Waals surface area contributed by atoms with Crippen LogP contribution in [0.3, 0.4) is 0 Å². The van der Waals surface area contributed by atoms with Crippen molar-refractivity contribution in [3.8, 4) is 0 Å². The highest BCUT2D eigenvalue weighted by atomic mass is 79.9. The fourth-order valence-electron chi connectivity index (χ4n) is 1.67. The summed E-state index contributed by atoms with van der Waals surface area (Å²) >= 11 is 3.56. The van der Waals surface area contributed by atoms with Crippen LogP contribution < -0.4 is 0 Å². The molecule has 0 unspecified atom stereocenters. The third kappa shape index (κ3) is 1.60. The van der Waals surface area contributed by atoms with Gasteiger partial charge in [-0.2, -0.15) is 0 Å². The van der Waals surface area contributed by atoms with Gasteiger partial charge in [-0.25, -0.2) is 0 Å². The first-order chi connectivity index (χ1) is 6.83. The van der Waals surface area contributed by atoms with Crippen molar-refractivity contribution in [2.45, 2.75) is 6.42 Å². The Kier molecular flexibility index (Phi) is 2.69. The molecule has 0 aliphatic carbocycles. The fourth-order valence-corrected chi connectivity index (χ4v) is 2.17.